The van der Waals surface area contributed by atoms with Crippen LogP contribution in [-0.2, 0) is 16.0 Å². The van der Waals surface area contributed by atoms with E-state index in [-0.39, 0.29) is 18.1 Å². The highest BCUT2D eigenvalue weighted by Gasteiger charge is 2.15. The molecule has 0 aliphatic heterocycles. The molecule has 0 aromatic carbocycles. The van der Waals surface area contributed by atoms with E-state index in [1.807, 2.05) is 22.6 Å². The predicted molar refractivity (Wildman–Crippen MR) is 79.5 cm³/mol. The molecule has 2 aromatic heterocycles. The van der Waals surface area contributed by atoms with Crippen LogP contribution >= 0.6 is 22.6 Å². The van der Waals surface area contributed by atoms with Crippen LogP contribution in [0.5, 0.6) is 0 Å². The molecular formula is C12H12IN3O4. The van der Waals surface area contributed by atoms with Gasteiger partial charge in [0.1, 0.15) is 5.65 Å². The highest BCUT2D eigenvalue weighted by atomic mass is 127. The number of fused-ring (bicyclic) bond motifs is 1. The first-order chi connectivity index (χ1) is 9.51. The van der Waals surface area contributed by atoms with E-state index in [9.17, 15) is 14.9 Å². The van der Waals surface area contributed by atoms with Crippen molar-refractivity contribution in [2.45, 2.75) is 19.8 Å². The fourth-order valence-corrected chi connectivity index (χ4v) is 2.38. The van der Waals surface area contributed by atoms with E-state index in [1.54, 1.807) is 23.6 Å². The molecule has 0 radical (unpaired) electrons. The van der Waals surface area contributed by atoms with Gasteiger partial charge in [0.05, 0.1) is 33.4 Å². The molecule has 0 N–H and O–H groups in total. The number of pyridine rings is 1. The van der Waals surface area contributed by atoms with E-state index in [2.05, 4.69) is 4.98 Å². The third kappa shape index (κ3) is 3.24. The maximum absolute atomic E-state index is 11.3. The molecule has 0 amide bonds. The number of aromatic nitrogens is 2. The van der Waals surface area contributed by atoms with Gasteiger partial charge in [-0.25, -0.2) is 4.98 Å². The normalized spacial score (nSPS) is 10.7. The van der Waals surface area contributed by atoms with E-state index < -0.39 is 4.92 Å². The Morgan fingerprint density at radius 1 is 1.55 bits per heavy atom. The lowest BCUT2D eigenvalue weighted by atomic mass is 10.2. The monoisotopic (exact) mass is 389 g/mol. The second-order valence-corrected chi connectivity index (χ2v) is 5.23. The lowest BCUT2D eigenvalue weighted by Crippen LogP contribution is -2.05. The van der Waals surface area contributed by atoms with Crippen molar-refractivity contribution in [1.82, 2.24) is 9.38 Å². The number of nitrogens with zero attached hydrogens (tertiary/aromatic N) is 3. The Kier molecular flexibility index (Phi) is 4.53. The molecule has 2 heterocycles. The number of rotatable bonds is 5. The number of hydrogen-bond acceptors (Lipinski definition) is 5. The molecule has 7 nitrogen and oxygen atoms in total. The molecule has 106 valence electrons. The first kappa shape index (κ1) is 14.7. The molecule has 0 bridgehead atoms. The maximum atomic E-state index is 11.3. The van der Waals surface area contributed by atoms with Gasteiger partial charge in [0.2, 0.25) is 0 Å². The van der Waals surface area contributed by atoms with Crippen LogP contribution in [0.25, 0.3) is 5.65 Å². The van der Waals surface area contributed by atoms with Crippen molar-refractivity contribution in [2.75, 3.05) is 6.61 Å². The van der Waals surface area contributed by atoms with Crippen LogP contribution in [-0.4, -0.2) is 26.9 Å². The molecule has 0 saturated carbocycles. The summed E-state index contributed by atoms with van der Waals surface area (Å²) in [6, 6.07) is 1.65. The first-order valence-electron chi connectivity index (χ1n) is 5.98. The molecule has 0 atom stereocenters. The third-order valence-electron chi connectivity index (χ3n) is 2.66. The van der Waals surface area contributed by atoms with Gasteiger partial charge < -0.3 is 4.74 Å². The molecule has 0 aliphatic carbocycles. The Labute approximate surface area is 128 Å². The molecule has 2 rings (SSSR count). The van der Waals surface area contributed by atoms with Crippen molar-refractivity contribution in [2.24, 2.45) is 0 Å². The van der Waals surface area contributed by atoms with Gasteiger partial charge in [0.15, 0.2) is 0 Å². The second kappa shape index (κ2) is 6.16. The predicted octanol–water partition coefficient (Wildman–Crippen LogP) is 2.34. The molecule has 0 aliphatic rings. The quantitative estimate of drug-likeness (QED) is 0.339. The zero-order valence-electron chi connectivity index (χ0n) is 10.7. The van der Waals surface area contributed by atoms with Crippen molar-refractivity contribution < 1.29 is 14.5 Å². The van der Waals surface area contributed by atoms with Gasteiger partial charge in [-0.2, -0.15) is 0 Å². The fourth-order valence-electron chi connectivity index (χ4n) is 1.77. The first-order valence-corrected chi connectivity index (χ1v) is 7.06. The minimum atomic E-state index is -0.431. The van der Waals surface area contributed by atoms with E-state index >= 15 is 0 Å². The molecular weight excluding hydrogens is 377 g/mol. The lowest BCUT2D eigenvalue weighted by molar-refractivity contribution is -0.386. The molecule has 0 saturated heterocycles. The Morgan fingerprint density at radius 2 is 2.30 bits per heavy atom. The van der Waals surface area contributed by atoms with Crippen molar-refractivity contribution in [3.8, 4) is 0 Å². The number of nitro groups is 1. The number of esters is 1. The summed E-state index contributed by atoms with van der Waals surface area (Å²) in [7, 11) is 0. The Balaban J connectivity index is 2.21. The smallest absolute Gasteiger partial charge is 0.306 e. The number of imidazole rings is 1. The van der Waals surface area contributed by atoms with Gasteiger partial charge in [-0.1, -0.05) is 0 Å². The van der Waals surface area contributed by atoms with Crippen molar-refractivity contribution in [3.63, 3.8) is 0 Å². The van der Waals surface area contributed by atoms with Crippen molar-refractivity contribution in [3.05, 3.63) is 37.8 Å². The van der Waals surface area contributed by atoms with Crippen molar-refractivity contribution >= 4 is 39.9 Å². The third-order valence-corrected chi connectivity index (χ3v) is 3.52. The average Bonchev–Trinajstić information content (AvgIpc) is 2.77. The summed E-state index contributed by atoms with van der Waals surface area (Å²) in [6.07, 6.45) is 3.82. The minimum Gasteiger partial charge on any atom is -0.466 e. The topological polar surface area (TPSA) is 86.7 Å². The molecule has 8 heteroatoms. The molecule has 0 spiro atoms. The summed E-state index contributed by atoms with van der Waals surface area (Å²) in [5.41, 5.74) is 1.36. The van der Waals surface area contributed by atoms with Crippen LogP contribution < -0.4 is 0 Å². The largest absolute Gasteiger partial charge is 0.466 e. The number of aryl methyl sites for hydroxylation is 1. The van der Waals surface area contributed by atoms with Gasteiger partial charge in [0.25, 0.3) is 5.69 Å². The van der Waals surface area contributed by atoms with Crippen LogP contribution in [0.4, 0.5) is 5.69 Å². The molecule has 0 unspecified atom stereocenters. The average molecular weight is 389 g/mol. The van der Waals surface area contributed by atoms with Gasteiger partial charge >= 0.3 is 5.97 Å². The molecule has 2 aromatic rings. The van der Waals surface area contributed by atoms with Gasteiger partial charge in [0, 0.05) is 18.7 Å². The highest BCUT2D eigenvalue weighted by Crippen LogP contribution is 2.22. The fraction of sp³-hybridized carbons (Fsp3) is 0.333. The van der Waals surface area contributed by atoms with Crippen LogP contribution in [0.1, 0.15) is 19.0 Å². The standard InChI is InChI=1S/C12H12IN3O4/c1-2-20-12(17)4-3-8-6-15-7-10(16(18)19)9(13)5-11(15)14-8/h5-7H,2-4H2,1H3. The number of carbonyl (C=O) groups excluding carboxylic acids is 1. The van der Waals surface area contributed by atoms with E-state index in [1.165, 1.54) is 6.20 Å². The van der Waals surface area contributed by atoms with Crippen molar-refractivity contribution in [1.29, 1.82) is 0 Å². The summed E-state index contributed by atoms with van der Waals surface area (Å²) >= 11 is 1.91. The maximum Gasteiger partial charge on any atom is 0.306 e. The summed E-state index contributed by atoms with van der Waals surface area (Å²) in [5.74, 6) is -0.273. The van der Waals surface area contributed by atoms with Crippen LogP contribution in [0, 0.1) is 13.7 Å². The SMILES string of the molecule is CCOC(=O)CCc1cn2cc([N+](=O)[O-])c(I)cc2n1. The molecule has 20 heavy (non-hydrogen) atoms. The number of hydrogen-bond donors (Lipinski definition) is 0. The van der Waals surface area contributed by atoms with Crippen LogP contribution in [0.15, 0.2) is 18.5 Å². The lowest BCUT2D eigenvalue weighted by Gasteiger charge is -1.98. The zero-order chi connectivity index (χ0) is 14.7. The van der Waals surface area contributed by atoms with E-state index in [0.29, 0.717) is 27.9 Å². The van der Waals surface area contributed by atoms with Gasteiger partial charge in [-0.3, -0.25) is 19.3 Å². The van der Waals surface area contributed by atoms with E-state index in [0.717, 1.165) is 0 Å². The van der Waals surface area contributed by atoms with E-state index in [4.69, 9.17) is 4.74 Å². The summed E-state index contributed by atoms with van der Waals surface area (Å²) in [5, 5.41) is 10.9. The van der Waals surface area contributed by atoms with Gasteiger partial charge in [-0.05, 0) is 29.5 Å². The highest BCUT2D eigenvalue weighted by molar-refractivity contribution is 14.1. The Hall–Kier alpha value is -1.71. The molecule has 0 fully saturated rings. The Morgan fingerprint density at radius 3 is 2.95 bits per heavy atom. The summed E-state index contributed by atoms with van der Waals surface area (Å²) in [6.45, 7) is 2.11. The van der Waals surface area contributed by atoms with Crippen LogP contribution in [0.3, 0.4) is 0 Å². The zero-order valence-corrected chi connectivity index (χ0v) is 12.9. The number of carbonyl (C=O) groups is 1. The number of ether oxygens (including phenoxy) is 1. The minimum absolute atomic E-state index is 0.0347. The van der Waals surface area contributed by atoms with Gasteiger partial charge in [-0.15, -0.1) is 0 Å². The summed E-state index contributed by atoms with van der Waals surface area (Å²) < 4.78 is 6.97. The second-order valence-electron chi connectivity index (χ2n) is 4.07. The van der Waals surface area contributed by atoms with Crippen LogP contribution in [0.2, 0.25) is 0 Å². The number of halogens is 1. The Bertz CT molecular complexity index is 668. The summed E-state index contributed by atoms with van der Waals surface area (Å²) in [4.78, 5) is 26.0.